The van der Waals surface area contributed by atoms with Gasteiger partial charge in [0.05, 0.1) is 0 Å². The molecule has 2 N–H and O–H groups in total. The molecule has 10 heteroatoms. The normalized spacial score (nSPS) is 11.3. The molecule has 0 spiro atoms. The Morgan fingerprint density at radius 3 is 2.76 bits per heavy atom. The molecule has 0 amide bonds. The maximum absolute atomic E-state index is 12.2. The topological polar surface area (TPSA) is 114 Å². The van der Waals surface area contributed by atoms with E-state index < -0.39 is 16.0 Å². The molecule has 2 aromatic rings. The molecule has 2 aromatic heterocycles. The van der Waals surface area contributed by atoms with E-state index in [9.17, 15) is 13.2 Å². The van der Waals surface area contributed by atoms with Gasteiger partial charge in [-0.05, 0) is 19.1 Å². The number of anilines is 1. The summed E-state index contributed by atoms with van der Waals surface area (Å²) in [6.45, 7) is 2.03. The number of halogens is 1. The first-order valence-electron chi connectivity index (χ1n) is 5.78. The van der Waals surface area contributed by atoms with Crippen molar-refractivity contribution in [2.75, 3.05) is 4.72 Å². The van der Waals surface area contributed by atoms with Crippen LogP contribution in [0.5, 0.6) is 0 Å². The summed E-state index contributed by atoms with van der Waals surface area (Å²) in [4.78, 5) is 18.3. The third kappa shape index (κ3) is 3.31. The van der Waals surface area contributed by atoms with Gasteiger partial charge in [-0.2, -0.15) is 0 Å². The van der Waals surface area contributed by atoms with Gasteiger partial charge in [-0.1, -0.05) is 11.6 Å². The van der Waals surface area contributed by atoms with Crippen molar-refractivity contribution in [2.24, 2.45) is 0 Å². The van der Waals surface area contributed by atoms with Crippen molar-refractivity contribution in [3.05, 3.63) is 35.4 Å². The van der Waals surface area contributed by atoms with Crippen LogP contribution < -0.4 is 4.72 Å². The lowest BCUT2D eigenvalue weighted by molar-refractivity contribution is 0.0685. The quantitative estimate of drug-likeness (QED) is 0.802. The standard InChI is InChI=1S/C11H11ClN4O4S/c1-2-16-6-7(5-8(16)10(17)18)21(19,20)15-11-13-4-3-9(12)14-11/h3-6H,2H2,1H3,(H,17,18)(H,13,14,15). The molecule has 0 saturated heterocycles. The van der Waals surface area contributed by atoms with E-state index in [4.69, 9.17) is 16.7 Å². The molecule has 0 fully saturated rings. The van der Waals surface area contributed by atoms with Crippen LogP contribution in [0.2, 0.25) is 5.15 Å². The summed E-state index contributed by atoms with van der Waals surface area (Å²) in [7, 11) is -3.99. The predicted molar refractivity (Wildman–Crippen MR) is 74.9 cm³/mol. The molecule has 2 rings (SSSR count). The Kier molecular flexibility index (Phi) is 4.14. The SMILES string of the molecule is CCn1cc(S(=O)(=O)Nc2nccc(Cl)n2)cc1C(=O)O. The molecule has 2 heterocycles. The highest BCUT2D eigenvalue weighted by Crippen LogP contribution is 2.18. The third-order valence-electron chi connectivity index (χ3n) is 2.59. The van der Waals surface area contributed by atoms with Crippen LogP contribution in [0.15, 0.2) is 29.4 Å². The third-order valence-corrected chi connectivity index (χ3v) is 4.09. The highest BCUT2D eigenvalue weighted by molar-refractivity contribution is 7.92. The number of hydrogen-bond donors (Lipinski definition) is 2. The Morgan fingerprint density at radius 1 is 1.52 bits per heavy atom. The minimum absolute atomic E-state index is 0.0834. The number of rotatable bonds is 5. The molecule has 8 nitrogen and oxygen atoms in total. The number of nitrogens with one attached hydrogen (secondary N) is 1. The van der Waals surface area contributed by atoms with Crippen LogP contribution in [-0.4, -0.2) is 34.0 Å². The van der Waals surface area contributed by atoms with Crippen molar-refractivity contribution in [1.29, 1.82) is 0 Å². The monoisotopic (exact) mass is 330 g/mol. The van der Waals surface area contributed by atoms with Crippen molar-refractivity contribution in [3.63, 3.8) is 0 Å². The van der Waals surface area contributed by atoms with Crippen LogP contribution in [0.25, 0.3) is 0 Å². The fourth-order valence-corrected chi connectivity index (χ4v) is 2.76. The van der Waals surface area contributed by atoms with Crippen LogP contribution in [-0.2, 0) is 16.6 Å². The van der Waals surface area contributed by atoms with Crippen LogP contribution in [0.4, 0.5) is 5.95 Å². The number of aromatic nitrogens is 3. The summed E-state index contributed by atoms with van der Waals surface area (Å²) in [5.74, 6) is -1.40. The zero-order chi connectivity index (χ0) is 15.6. The number of aryl methyl sites for hydroxylation is 1. The maximum Gasteiger partial charge on any atom is 0.352 e. The highest BCUT2D eigenvalue weighted by atomic mass is 35.5. The largest absolute Gasteiger partial charge is 0.477 e. The summed E-state index contributed by atoms with van der Waals surface area (Å²) in [5.41, 5.74) is -0.120. The van der Waals surface area contributed by atoms with Crippen molar-refractivity contribution >= 4 is 33.5 Å². The van der Waals surface area contributed by atoms with E-state index in [-0.39, 0.29) is 21.7 Å². The van der Waals surface area contributed by atoms with Gasteiger partial charge in [0.15, 0.2) is 0 Å². The lowest BCUT2D eigenvalue weighted by atomic mass is 10.4. The summed E-state index contributed by atoms with van der Waals surface area (Å²) in [6, 6.07) is 2.47. The van der Waals surface area contributed by atoms with Crippen molar-refractivity contribution < 1.29 is 18.3 Å². The van der Waals surface area contributed by atoms with Gasteiger partial charge in [0.1, 0.15) is 15.7 Å². The summed E-state index contributed by atoms with van der Waals surface area (Å²) in [6.07, 6.45) is 2.53. The Hall–Kier alpha value is -2.13. The van der Waals surface area contributed by atoms with Crippen molar-refractivity contribution in [2.45, 2.75) is 18.4 Å². The molecule has 0 bridgehead atoms. The molecule has 0 radical (unpaired) electrons. The number of hydrogen-bond acceptors (Lipinski definition) is 5. The number of sulfonamides is 1. The van der Waals surface area contributed by atoms with E-state index in [1.54, 1.807) is 6.92 Å². The molecule has 0 aliphatic heterocycles. The van der Waals surface area contributed by atoms with E-state index in [0.29, 0.717) is 6.54 Å². The van der Waals surface area contributed by atoms with Crippen molar-refractivity contribution in [1.82, 2.24) is 14.5 Å². The molecular formula is C11H11ClN4O4S. The second-order valence-corrected chi connectivity index (χ2v) is 6.03. The molecule has 0 unspecified atom stereocenters. The lowest BCUT2D eigenvalue weighted by Gasteiger charge is -2.04. The van der Waals surface area contributed by atoms with E-state index in [1.807, 2.05) is 0 Å². The van der Waals surface area contributed by atoms with E-state index in [0.717, 1.165) is 6.07 Å². The summed E-state index contributed by atoms with van der Waals surface area (Å²) >= 11 is 5.65. The van der Waals surface area contributed by atoms with Gasteiger partial charge in [-0.25, -0.2) is 27.9 Å². The molecule has 0 aromatic carbocycles. The van der Waals surface area contributed by atoms with Crippen LogP contribution in [0.3, 0.4) is 0 Å². The molecule has 112 valence electrons. The van der Waals surface area contributed by atoms with E-state index in [2.05, 4.69) is 14.7 Å². The van der Waals surface area contributed by atoms with Crippen LogP contribution in [0, 0.1) is 0 Å². The molecule has 21 heavy (non-hydrogen) atoms. The first-order valence-corrected chi connectivity index (χ1v) is 7.64. The van der Waals surface area contributed by atoms with Crippen LogP contribution >= 0.6 is 11.6 Å². The van der Waals surface area contributed by atoms with Gasteiger partial charge in [0.2, 0.25) is 5.95 Å². The van der Waals surface area contributed by atoms with Gasteiger partial charge in [-0.15, -0.1) is 0 Å². The lowest BCUT2D eigenvalue weighted by Crippen LogP contribution is -2.14. The van der Waals surface area contributed by atoms with Gasteiger partial charge in [0, 0.05) is 18.9 Å². The van der Waals surface area contributed by atoms with Gasteiger partial charge >= 0.3 is 5.97 Å². The Morgan fingerprint density at radius 2 is 2.24 bits per heavy atom. The van der Waals surface area contributed by atoms with Gasteiger partial charge < -0.3 is 9.67 Å². The molecular weight excluding hydrogens is 320 g/mol. The van der Waals surface area contributed by atoms with Gasteiger partial charge in [-0.3, -0.25) is 0 Å². The molecule has 0 aliphatic rings. The predicted octanol–water partition coefficient (Wildman–Crippen LogP) is 1.45. The van der Waals surface area contributed by atoms with Gasteiger partial charge in [0.25, 0.3) is 10.0 Å². The first kappa shape index (κ1) is 15.3. The fourth-order valence-electron chi connectivity index (χ4n) is 1.64. The number of nitrogens with zero attached hydrogens (tertiary/aromatic N) is 3. The highest BCUT2D eigenvalue weighted by Gasteiger charge is 2.21. The molecule has 0 saturated carbocycles. The molecule has 0 aliphatic carbocycles. The second kappa shape index (κ2) is 5.70. The minimum Gasteiger partial charge on any atom is -0.477 e. The smallest absolute Gasteiger partial charge is 0.352 e. The maximum atomic E-state index is 12.2. The average molecular weight is 331 g/mol. The molecule has 0 atom stereocenters. The number of carboxylic acid groups (broad SMARTS) is 1. The fraction of sp³-hybridized carbons (Fsp3) is 0.182. The summed E-state index contributed by atoms with van der Waals surface area (Å²) < 4.78 is 27.8. The van der Waals surface area contributed by atoms with E-state index >= 15 is 0 Å². The van der Waals surface area contributed by atoms with Crippen molar-refractivity contribution in [3.8, 4) is 0 Å². The number of carbonyl (C=O) groups is 1. The Balaban J connectivity index is 2.38. The van der Waals surface area contributed by atoms with Crippen LogP contribution in [0.1, 0.15) is 17.4 Å². The number of aromatic carboxylic acids is 1. The Bertz CT molecular complexity index is 787. The minimum atomic E-state index is -3.99. The second-order valence-electron chi connectivity index (χ2n) is 3.96. The average Bonchev–Trinajstić information content (AvgIpc) is 2.83. The van der Waals surface area contributed by atoms with E-state index in [1.165, 1.54) is 23.0 Å². The zero-order valence-corrected chi connectivity index (χ0v) is 12.4. The first-order chi connectivity index (χ1) is 9.83. The Labute approximate surface area is 125 Å². The zero-order valence-electron chi connectivity index (χ0n) is 10.8. The number of carboxylic acids is 1. The summed E-state index contributed by atoms with van der Waals surface area (Å²) in [5, 5.41) is 9.11.